The topological polar surface area (TPSA) is 124 Å². The Kier molecular flexibility index (Phi) is 7.78. The first-order valence-corrected chi connectivity index (χ1v) is 7.49. The van der Waals surface area contributed by atoms with E-state index in [4.69, 9.17) is 28.4 Å². The molecule has 0 aromatic carbocycles. The molecule has 0 unspecified atom stereocenters. The molecule has 0 saturated carbocycles. The van der Waals surface area contributed by atoms with Crippen LogP contribution in [0.3, 0.4) is 0 Å². The van der Waals surface area contributed by atoms with Crippen molar-refractivity contribution in [2.45, 2.75) is 58.4 Å². The minimum atomic E-state index is -1.20. The van der Waals surface area contributed by atoms with E-state index in [-0.39, 0.29) is 6.61 Å². The summed E-state index contributed by atoms with van der Waals surface area (Å²) in [6.07, 6.45) is -5.67. The highest BCUT2D eigenvalue weighted by Crippen LogP contribution is 2.29. The molecule has 0 N–H and O–H groups in total. The second-order valence-corrected chi connectivity index (χ2v) is 5.30. The Bertz CT molecular complexity index is 516. The fraction of sp³-hybridized carbons (Fsp3) is 0.733. The molecule has 1 saturated heterocycles. The number of hydrogen-bond acceptors (Lipinski definition) is 10. The van der Waals surface area contributed by atoms with E-state index >= 15 is 0 Å². The first kappa shape index (κ1) is 20.8. The van der Waals surface area contributed by atoms with Gasteiger partial charge in [0.05, 0.1) is 0 Å². The zero-order valence-corrected chi connectivity index (χ0v) is 14.7. The summed E-state index contributed by atoms with van der Waals surface area (Å²) in [7, 11) is 1.29. The smallest absolute Gasteiger partial charge is 0.303 e. The van der Waals surface area contributed by atoms with Crippen molar-refractivity contribution in [2.24, 2.45) is 0 Å². The van der Waals surface area contributed by atoms with Gasteiger partial charge in [-0.15, -0.1) is 0 Å². The lowest BCUT2D eigenvalue weighted by Gasteiger charge is -2.43. The van der Waals surface area contributed by atoms with Crippen molar-refractivity contribution in [2.75, 3.05) is 13.7 Å². The molecule has 25 heavy (non-hydrogen) atoms. The summed E-state index contributed by atoms with van der Waals surface area (Å²) in [5.41, 5.74) is 0. The normalized spacial score (nSPS) is 28.6. The molecule has 1 heterocycles. The molecule has 1 aliphatic rings. The summed E-state index contributed by atoms with van der Waals surface area (Å²) >= 11 is 0. The largest absolute Gasteiger partial charge is 0.463 e. The van der Waals surface area contributed by atoms with Gasteiger partial charge >= 0.3 is 23.9 Å². The van der Waals surface area contributed by atoms with Crippen LogP contribution in [0, 0.1) is 0 Å². The lowest BCUT2D eigenvalue weighted by Crippen LogP contribution is -2.62. The van der Waals surface area contributed by atoms with Crippen LogP contribution in [0.25, 0.3) is 0 Å². The standard InChI is InChI=1S/C15H22O10/c1-7(16)21-6-11-12(22-8(2)17)13(23-9(3)18)14(24-10(4)19)15(20-5)25-11/h11-15H,6H2,1-5H3/t11-,12+,13+,14+,15+/m0/s1. The minimum Gasteiger partial charge on any atom is -0.463 e. The highest BCUT2D eigenvalue weighted by Gasteiger charge is 2.52. The summed E-state index contributed by atoms with van der Waals surface area (Å²) in [6.45, 7) is 4.37. The van der Waals surface area contributed by atoms with Gasteiger partial charge in [0.25, 0.3) is 0 Å². The summed E-state index contributed by atoms with van der Waals surface area (Å²) in [4.78, 5) is 45.4. The van der Waals surface area contributed by atoms with Crippen LogP contribution < -0.4 is 0 Å². The third-order valence-corrected chi connectivity index (χ3v) is 3.18. The molecule has 1 rings (SSSR count). The van der Waals surface area contributed by atoms with Crippen molar-refractivity contribution in [1.82, 2.24) is 0 Å². The summed E-state index contributed by atoms with van der Waals surface area (Å²) in [5, 5.41) is 0. The Morgan fingerprint density at radius 2 is 1.24 bits per heavy atom. The predicted octanol–water partition coefficient (Wildman–Crippen LogP) is -0.284. The molecular weight excluding hydrogens is 340 g/mol. The van der Waals surface area contributed by atoms with Gasteiger partial charge in [0, 0.05) is 34.8 Å². The van der Waals surface area contributed by atoms with E-state index in [1.165, 1.54) is 14.0 Å². The number of rotatable bonds is 6. The van der Waals surface area contributed by atoms with E-state index in [2.05, 4.69) is 0 Å². The Morgan fingerprint density at radius 1 is 0.760 bits per heavy atom. The third kappa shape index (κ3) is 6.31. The van der Waals surface area contributed by atoms with E-state index in [1.807, 2.05) is 0 Å². The summed E-state index contributed by atoms with van der Waals surface area (Å²) in [5.74, 6) is -2.63. The van der Waals surface area contributed by atoms with Gasteiger partial charge in [0.1, 0.15) is 12.7 Å². The van der Waals surface area contributed by atoms with Gasteiger partial charge in [-0.3, -0.25) is 19.2 Å². The molecule has 0 aromatic rings. The number of carbonyl (C=O) groups is 4. The molecule has 1 aliphatic heterocycles. The first-order valence-electron chi connectivity index (χ1n) is 7.49. The van der Waals surface area contributed by atoms with Crippen molar-refractivity contribution in [3.8, 4) is 0 Å². The predicted molar refractivity (Wildman–Crippen MR) is 79.0 cm³/mol. The van der Waals surface area contributed by atoms with E-state index < -0.39 is 54.6 Å². The maximum atomic E-state index is 11.5. The summed E-state index contributed by atoms with van der Waals surface area (Å²) in [6, 6.07) is 0. The van der Waals surface area contributed by atoms with Crippen molar-refractivity contribution < 1.29 is 47.6 Å². The number of esters is 4. The van der Waals surface area contributed by atoms with Crippen LogP contribution in [-0.2, 0) is 47.6 Å². The number of ether oxygens (including phenoxy) is 6. The maximum absolute atomic E-state index is 11.5. The quantitative estimate of drug-likeness (QED) is 0.460. The fourth-order valence-corrected chi connectivity index (χ4v) is 2.38. The average molecular weight is 362 g/mol. The second kappa shape index (κ2) is 9.33. The third-order valence-electron chi connectivity index (χ3n) is 3.18. The van der Waals surface area contributed by atoms with Gasteiger partial charge in [-0.25, -0.2) is 0 Å². The first-order chi connectivity index (χ1) is 11.6. The van der Waals surface area contributed by atoms with Crippen LogP contribution in [0.15, 0.2) is 0 Å². The van der Waals surface area contributed by atoms with Gasteiger partial charge in [-0.05, 0) is 0 Å². The molecule has 0 radical (unpaired) electrons. The lowest BCUT2D eigenvalue weighted by molar-refractivity contribution is -0.302. The van der Waals surface area contributed by atoms with Crippen LogP contribution in [-0.4, -0.2) is 68.3 Å². The van der Waals surface area contributed by atoms with Crippen LogP contribution in [0.5, 0.6) is 0 Å². The number of carbonyl (C=O) groups excluding carboxylic acids is 4. The lowest BCUT2D eigenvalue weighted by atomic mass is 9.98. The van der Waals surface area contributed by atoms with E-state index in [9.17, 15) is 19.2 Å². The molecular formula is C15H22O10. The number of hydrogen-bond donors (Lipinski definition) is 0. The zero-order chi connectivity index (χ0) is 19.1. The highest BCUT2D eigenvalue weighted by atomic mass is 16.7. The van der Waals surface area contributed by atoms with E-state index in [1.54, 1.807) is 0 Å². The number of methoxy groups -OCH3 is 1. The van der Waals surface area contributed by atoms with E-state index in [0.29, 0.717) is 0 Å². The van der Waals surface area contributed by atoms with Gasteiger partial charge < -0.3 is 28.4 Å². The van der Waals surface area contributed by atoms with Crippen molar-refractivity contribution in [3.05, 3.63) is 0 Å². The molecule has 1 fully saturated rings. The maximum Gasteiger partial charge on any atom is 0.303 e. The van der Waals surface area contributed by atoms with Gasteiger partial charge in [0.2, 0.25) is 0 Å². The summed E-state index contributed by atoms with van der Waals surface area (Å²) < 4.78 is 31.1. The molecule has 10 nitrogen and oxygen atoms in total. The molecule has 0 aromatic heterocycles. The van der Waals surface area contributed by atoms with E-state index in [0.717, 1.165) is 20.8 Å². The Morgan fingerprint density at radius 3 is 1.68 bits per heavy atom. The van der Waals surface area contributed by atoms with Crippen LogP contribution in [0.2, 0.25) is 0 Å². The highest BCUT2D eigenvalue weighted by molar-refractivity contribution is 5.68. The zero-order valence-electron chi connectivity index (χ0n) is 14.7. The van der Waals surface area contributed by atoms with Gasteiger partial charge in [-0.2, -0.15) is 0 Å². The molecule has 0 spiro atoms. The molecule has 5 atom stereocenters. The molecule has 0 amide bonds. The SMILES string of the molecule is CO[C@@H]1O[C@@H](COC(C)=O)[C@@H](OC(C)=O)[C@@H](OC(C)=O)[C@H]1OC(C)=O. The average Bonchev–Trinajstić information content (AvgIpc) is 2.48. The Hall–Kier alpha value is -2.20. The van der Waals surface area contributed by atoms with Crippen LogP contribution in [0.1, 0.15) is 27.7 Å². The molecule has 0 bridgehead atoms. The molecule has 142 valence electrons. The second-order valence-electron chi connectivity index (χ2n) is 5.30. The fourth-order valence-electron chi connectivity index (χ4n) is 2.38. The van der Waals surface area contributed by atoms with Gasteiger partial charge in [0.15, 0.2) is 24.6 Å². The molecule has 0 aliphatic carbocycles. The minimum absolute atomic E-state index is 0.280. The van der Waals surface area contributed by atoms with Crippen LogP contribution >= 0.6 is 0 Å². The van der Waals surface area contributed by atoms with Crippen molar-refractivity contribution in [1.29, 1.82) is 0 Å². The van der Waals surface area contributed by atoms with Crippen molar-refractivity contribution in [3.63, 3.8) is 0 Å². The monoisotopic (exact) mass is 362 g/mol. The van der Waals surface area contributed by atoms with Crippen molar-refractivity contribution >= 4 is 23.9 Å². The Labute approximate surface area is 144 Å². The van der Waals surface area contributed by atoms with Crippen LogP contribution in [0.4, 0.5) is 0 Å². The Balaban J connectivity index is 3.18. The van der Waals surface area contributed by atoms with Gasteiger partial charge in [-0.1, -0.05) is 0 Å². The molecule has 10 heteroatoms.